The van der Waals surface area contributed by atoms with Crippen LogP contribution in [0.2, 0.25) is 15.1 Å². The molecular weight excluding hydrogens is 416 g/mol. The molecule has 0 bridgehead atoms. The molecule has 0 spiro atoms. The zero-order chi connectivity index (χ0) is 19.5. The number of halogens is 6. The van der Waals surface area contributed by atoms with Crippen LogP contribution in [0.25, 0.3) is 0 Å². The quantitative estimate of drug-likeness (QED) is 0.507. The van der Waals surface area contributed by atoms with E-state index < -0.39 is 17.7 Å². The molecule has 2 rings (SSSR count). The van der Waals surface area contributed by atoms with Crippen LogP contribution >= 0.6 is 34.8 Å². The first-order chi connectivity index (χ1) is 12.1. The number of aryl methyl sites for hydroxylation is 1. The fourth-order valence-corrected chi connectivity index (χ4v) is 2.86. The van der Waals surface area contributed by atoms with Gasteiger partial charge in [0.15, 0.2) is 5.75 Å². The van der Waals surface area contributed by atoms with E-state index in [2.05, 4.69) is 4.74 Å². The number of methoxy groups -OCH3 is 1. The van der Waals surface area contributed by atoms with Crippen LogP contribution in [0.4, 0.5) is 13.2 Å². The molecule has 0 saturated heterocycles. The molecule has 0 aromatic heterocycles. The predicted octanol–water partition coefficient (Wildman–Crippen LogP) is 6.56. The van der Waals surface area contributed by atoms with E-state index in [-0.39, 0.29) is 28.0 Å². The minimum Gasteiger partial charge on any atom is -0.469 e. The van der Waals surface area contributed by atoms with Crippen LogP contribution < -0.4 is 4.74 Å². The van der Waals surface area contributed by atoms with Crippen LogP contribution in [0.3, 0.4) is 0 Å². The summed E-state index contributed by atoms with van der Waals surface area (Å²) in [5, 5.41) is -0.155. The summed E-state index contributed by atoms with van der Waals surface area (Å²) in [5.41, 5.74) is -0.372. The molecule has 0 aliphatic carbocycles. The summed E-state index contributed by atoms with van der Waals surface area (Å²) in [6.07, 6.45) is -4.16. The summed E-state index contributed by atoms with van der Waals surface area (Å²) < 4.78 is 48.4. The first kappa shape index (κ1) is 20.7. The van der Waals surface area contributed by atoms with Gasteiger partial charge in [0.05, 0.1) is 22.7 Å². The number of rotatable bonds is 5. The van der Waals surface area contributed by atoms with Gasteiger partial charge in [-0.15, -0.1) is 0 Å². The first-order valence-corrected chi connectivity index (χ1v) is 8.34. The molecule has 26 heavy (non-hydrogen) atoms. The lowest BCUT2D eigenvalue weighted by molar-refractivity contribution is -0.140. The maximum absolute atomic E-state index is 12.8. The van der Waals surface area contributed by atoms with E-state index in [0.29, 0.717) is 17.0 Å². The first-order valence-electron chi connectivity index (χ1n) is 7.21. The second-order valence-corrected chi connectivity index (χ2v) is 6.42. The Hall–Kier alpha value is -1.63. The highest BCUT2D eigenvalue weighted by Crippen LogP contribution is 2.42. The van der Waals surface area contributed by atoms with Gasteiger partial charge in [-0.2, -0.15) is 13.2 Å². The van der Waals surface area contributed by atoms with Crippen molar-refractivity contribution in [2.24, 2.45) is 0 Å². The van der Waals surface area contributed by atoms with Gasteiger partial charge in [0.25, 0.3) is 0 Å². The van der Waals surface area contributed by atoms with E-state index in [1.807, 2.05) is 0 Å². The zero-order valence-corrected chi connectivity index (χ0v) is 15.6. The molecule has 9 heteroatoms. The summed E-state index contributed by atoms with van der Waals surface area (Å²) in [6, 6.07) is 6.06. The molecule has 2 aromatic carbocycles. The normalized spacial score (nSPS) is 11.3. The van der Waals surface area contributed by atoms with Gasteiger partial charge in [0, 0.05) is 11.4 Å². The van der Waals surface area contributed by atoms with Crippen molar-refractivity contribution in [1.29, 1.82) is 0 Å². The van der Waals surface area contributed by atoms with Gasteiger partial charge < -0.3 is 9.47 Å². The SMILES string of the molecule is COC(=O)CCc1cc(Oc2c(Cl)cc(C(F)(F)F)cc2Cl)ccc1Cl. The van der Waals surface area contributed by atoms with E-state index in [9.17, 15) is 18.0 Å². The third kappa shape index (κ3) is 5.19. The van der Waals surface area contributed by atoms with Crippen LogP contribution in [0.15, 0.2) is 30.3 Å². The second-order valence-electron chi connectivity index (χ2n) is 5.20. The van der Waals surface area contributed by atoms with Crippen LogP contribution in [-0.2, 0) is 22.1 Å². The molecule has 0 radical (unpaired) electrons. The third-order valence-electron chi connectivity index (χ3n) is 3.39. The topological polar surface area (TPSA) is 35.5 Å². The number of hydrogen-bond donors (Lipinski definition) is 0. The predicted molar refractivity (Wildman–Crippen MR) is 93.3 cm³/mol. The Morgan fingerprint density at radius 2 is 1.65 bits per heavy atom. The number of ether oxygens (including phenoxy) is 2. The summed E-state index contributed by atoms with van der Waals surface area (Å²) in [7, 11) is 1.28. The third-order valence-corrected chi connectivity index (χ3v) is 4.32. The van der Waals surface area contributed by atoms with Crippen molar-refractivity contribution in [3.05, 3.63) is 56.5 Å². The Labute approximate surface area is 162 Å². The molecule has 0 atom stereocenters. The number of carbonyl (C=O) groups is 1. The molecule has 140 valence electrons. The number of carbonyl (C=O) groups excluding carboxylic acids is 1. The Balaban J connectivity index is 2.27. The van der Waals surface area contributed by atoms with Gasteiger partial charge in [0.2, 0.25) is 0 Å². The van der Waals surface area contributed by atoms with Crippen LogP contribution in [0, 0.1) is 0 Å². The smallest absolute Gasteiger partial charge is 0.416 e. The summed E-state index contributed by atoms with van der Waals surface area (Å²) in [5.74, 6) is -0.249. The van der Waals surface area contributed by atoms with Crippen molar-refractivity contribution in [1.82, 2.24) is 0 Å². The minimum absolute atomic E-state index is 0.109. The summed E-state index contributed by atoms with van der Waals surface area (Å²) >= 11 is 17.8. The van der Waals surface area contributed by atoms with E-state index in [0.717, 1.165) is 12.1 Å². The average Bonchev–Trinajstić information content (AvgIpc) is 2.56. The number of alkyl halides is 3. The zero-order valence-electron chi connectivity index (χ0n) is 13.3. The molecule has 0 N–H and O–H groups in total. The van der Waals surface area contributed by atoms with Gasteiger partial charge in [-0.25, -0.2) is 0 Å². The van der Waals surface area contributed by atoms with Gasteiger partial charge in [-0.1, -0.05) is 34.8 Å². The van der Waals surface area contributed by atoms with Gasteiger partial charge in [-0.3, -0.25) is 4.79 Å². The maximum atomic E-state index is 12.8. The Kier molecular flexibility index (Phi) is 6.66. The Bertz CT molecular complexity index is 800. The van der Waals surface area contributed by atoms with Gasteiger partial charge in [-0.05, 0) is 42.3 Å². The van der Waals surface area contributed by atoms with E-state index in [4.69, 9.17) is 39.5 Å². The average molecular weight is 428 g/mol. The molecule has 3 nitrogen and oxygen atoms in total. The van der Waals surface area contributed by atoms with Crippen LogP contribution in [0.5, 0.6) is 11.5 Å². The summed E-state index contributed by atoms with van der Waals surface area (Å²) in [6.45, 7) is 0. The Morgan fingerprint density at radius 3 is 2.19 bits per heavy atom. The van der Waals surface area contributed by atoms with Crippen molar-refractivity contribution < 1.29 is 27.4 Å². The molecule has 0 aliphatic rings. The van der Waals surface area contributed by atoms with Gasteiger partial charge >= 0.3 is 12.1 Å². The van der Waals surface area contributed by atoms with Crippen LogP contribution in [0.1, 0.15) is 17.5 Å². The molecule has 0 unspecified atom stereocenters. The lowest BCUT2D eigenvalue weighted by atomic mass is 10.1. The highest BCUT2D eigenvalue weighted by molar-refractivity contribution is 6.37. The maximum Gasteiger partial charge on any atom is 0.416 e. The second kappa shape index (κ2) is 8.37. The molecule has 0 saturated carbocycles. The highest BCUT2D eigenvalue weighted by Gasteiger charge is 2.32. The molecule has 0 amide bonds. The van der Waals surface area contributed by atoms with Crippen LogP contribution in [-0.4, -0.2) is 13.1 Å². The Morgan fingerprint density at radius 1 is 1.04 bits per heavy atom. The highest BCUT2D eigenvalue weighted by atomic mass is 35.5. The fourth-order valence-electron chi connectivity index (χ4n) is 2.08. The van der Waals surface area contributed by atoms with Crippen molar-refractivity contribution in [2.45, 2.75) is 19.0 Å². The lowest BCUT2D eigenvalue weighted by Crippen LogP contribution is -2.05. The number of esters is 1. The standard InChI is InChI=1S/C17H12Cl3F3O3/c1-25-15(24)5-2-9-6-11(3-4-12(9)18)26-16-13(19)7-10(8-14(16)20)17(21,22)23/h3-4,6-8H,2,5H2,1H3. The number of benzene rings is 2. The molecule has 0 heterocycles. The largest absolute Gasteiger partial charge is 0.469 e. The van der Waals surface area contributed by atoms with Crippen molar-refractivity contribution >= 4 is 40.8 Å². The van der Waals surface area contributed by atoms with E-state index in [1.165, 1.54) is 19.2 Å². The van der Waals surface area contributed by atoms with Crippen molar-refractivity contribution in [2.75, 3.05) is 7.11 Å². The van der Waals surface area contributed by atoms with Crippen molar-refractivity contribution in [3.8, 4) is 11.5 Å². The number of hydrogen-bond acceptors (Lipinski definition) is 3. The molecular formula is C17H12Cl3F3O3. The lowest BCUT2D eigenvalue weighted by Gasteiger charge is -2.14. The minimum atomic E-state index is -4.58. The molecule has 2 aromatic rings. The molecule has 0 aliphatic heterocycles. The monoisotopic (exact) mass is 426 g/mol. The van der Waals surface area contributed by atoms with E-state index in [1.54, 1.807) is 6.07 Å². The summed E-state index contributed by atoms with van der Waals surface area (Å²) in [4.78, 5) is 11.3. The van der Waals surface area contributed by atoms with Crippen molar-refractivity contribution in [3.63, 3.8) is 0 Å². The van der Waals surface area contributed by atoms with E-state index >= 15 is 0 Å². The molecule has 0 fully saturated rings. The fraction of sp³-hybridized carbons (Fsp3) is 0.235. The van der Waals surface area contributed by atoms with Gasteiger partial charge in [0.1, 0.15) is 5.75 Å².